The molecule has 2 rings (SSSR count). The van der Waals surface area contributed by atoms with Crippen molar-refractivity contribution in [1.82, 2.24) is 19.7 Å². The van der Waals surface area contributed by atoms with Crippen LogP contribution in [-0.4, -0.2) is 31.3 Å². The Morgan fingerprint density at radius 3 is 3.00 bits per heavy atom. The molecular formula is C12H16N4S2. The molecule has 0 spiro atoms. The van der Waals surface area contributed by atoms with Crippen LogP contribution in [0.3, 0.4) is 0 Å². The molecule has 0 radical (unpaired) electrons. The van der Waals surface area contributed by atoms with Crippen molar-refractivity contribution in [3.63, 3.8) is 0 Å². The van der Waals surface area contributed by atoms with E-state index in [0.717, 1.165) is 24.5 Å². The van der Waals surface area contributed by atoms with Crippen molar-refractivity contribution >= 4 is 24.0 Å². The van der Waals surface area contributed by atoms with Gasteiger partial charge >= 0.3 is 0 Å². The Morgan fingerprint density at radius 2 is 2.33 bits per heavy atom. The zero-order chi connectivity index (χ0) is 13.0. The summed E-state index contributed by atoms with van der Waals surface area (Å²) < 4.78 is 2.67. The van der Waals surface area contributed by atoms with E-state index in [1.165, 1.54) is 0 Å². The van der Waals surface area contributed by atoms with Gasteiger partial charge in [0.05, 0.1) is 0 Å². The Bertz CT molecular complexity index is 547. The molecule has 96 valence electrons. The lowest BCUT2D eigenvalue weighted by molar-refractivity contribution is 0.636. The predicted molar refractivity (Wildman–Crippen MR) is 78.2 cm³/mol. The predicted octanol–water partition coefficient (Wildman–Crippen LogP) is 3.14. The number of pyridine rings is 1. The summed E-state index contributed by atoms with van der Waals surface area (Å²) in [6, 6.07) is 5.79. The second kappa shape index (κ2) is 6.15. The molecule has 0 saturated heterocycles. The Kier molecular flexibility index (Phi) is 4.54. The van der Waals surface area contributed by atoms with Gasteiger partial charge in [-0.1, -0.05) is 13.0 Å². The molecule has 0 aromatic carbocycles. The number of thioether (sulfide) groups is 1. The van der Waals surface area contributed by atoms with Gasteiger partial charge in [0.2, 0.25) is 0 Å². The first-order valence-corrected chi connectivity index (χ1v) is 7.51. The molecular weight excluding hydrogens is 264 g/mol. The first kappa shape index (κ1) is 13.3. The molecule has 18 heavy (non-hydrogen) atoms. The van der Waals surface area contributed by atoms with Crippen LogP contribution in [0.4, 0.5) is 0 Å². The first-order chi connectivity index (χ1) is 8.72. The van der Waals surface area contributed by atoms with Gasteiger partial charge in [-0.25, -0.2) is 0 Å². The lowest BCUT2D eigenvalue weighted by Gasteiger charge is -2.10. The van der Waals surface area contributed by atoms with Gasteiger partial charge in [0, 0.05) is 18.0 Å². The van der Waals surface area contributed by atoms with Crippen molar-refractivity contribution < 1.29 is 0 Å². The smallest absolute Gasteiger partial charge is 0.195 e. The largest absolute Gasteiger partial charge is 0.299 e. The van der Waals surface area contributed by atoms with Gasteiger partial charge in [-0.2, -0.15) is 16.9 Å². The molecule has 0 aliphatic carbocycles. The normalized spacial score (nSPS) is 12.6. The van der Waals surface area contributed by atoms with Crippen LogP contribution in [0.2, 0.25) is 0 Å². The lowest BCUT2D eigenvalue weighted by atomic mass is 10.3. The molecule has 2 heterocycles. The SMILES string of the molecule is CSC(C)CCn1c(-c2ccccn2)n[nH]c1=S. The summed E-state index contributed by atoms with van der Waals surface area (Å²) in [4.78, 5) is 4.32. The van der Waals surface area contributed by atoms with Crippen molar-refractivity contribution in [2.75, 3.05) is 6.26 Å². The number of aromatic nitrogens is 4. The zero-order valence-corrected chi connectivity index (χ0v) is 12.1. The van der Waals surface area contributed by atoms with E-state index in [0.29, 0.717) is 10.0 Å². The van der Waals surface area contributed by atoms with E-state index in [9.17, 15) is 0 Å². The third-order valence-electron chi connectivity index (χ3n) is 2.81. The summed E-state index contributed by atoms with van der Waals surface area (Å²) in [6.07, 6.45) is 4.95. The minimum Gasteiger partial charge on any atom is -0.299 e. The molecule has 1 atom stereocenters. The summed E-state index contributed by atoms with van der Waals surface area (Å²) in [7, 11) is 0. The highest BCUT2D eigenvalue weighted by molar-refractivity contribution is 7.99. The molecule has 0 aliphatic heterocycles. The van der Waals surface area contributed by atoms with Crippen LogP contribution in [-0.2, 0) is 6.54 Å². The fourth-order valence-corrected chi connectivity index (χ4v) is 2.21. The highest BCUT2D eigenvalue weighted by Crippen LogP contribution is 2.17. The Labute approximate surface area is 116 Å². The number of nitrogens with zero attached hydrogens (tertiary/aromatic N) is 3. The minimum absolute atomic E-state index is 0.610. The lowest BCUT2D eigenvalue weighted by Crippen LogP contribution is -2.06. The Balaban J connectivity index is 2.25. The zero-order valence-electron chi connectivity index (χ0n) is 10.5. The van der Waals surface area contributed by atoms with Gasteiger partial charge in [-0.05, 0) is 37.0 Å². The number of rotatable bonds is 5. The van der Waals surface area contributed by atoms with Gasteiger partial charge in [-0.3, -0.25) is 14.6 Å². The van der Waals surface area contributed by atoms with Crippen molar-refractivity contribution in [2.45, 2.75) is 25.1 Å². The number of hydrogen-bond donors (Lipinski definition) is 1. The van der Waals surface area contributed by atoms with Crippen molar-refractivity contribution in [3.05, 3.63) is 29.2 Å². The molecule has 0 fully saturated rings. The Hall–Kier alpha value is -1.14. The van der Waals surface area contributed by atoms with Gasteiger partial charge < -0.3 is 0 Å². The number of nitrogens with one attached hydrogen (secondary N) is 1. The standard InChI is InChI=1S/C12H16N4S2/c1-9(18-2)6-8-16-11(14-15-12(16)17)10-5-3-4-7-13-10/h3-5,7,9H,6,8H2,1-2H3,(H,15,17). The summed E-state index contributed by atoms with van der Waals surface area (Å²) in [5.74, 6) is 0.814. The van der Waals surface area contributed by atoms with Crippen LogP contribution >= 0.6 is 24.0 Å². The molecule has 0 saturated carbocycles. The molecule has 4 nitrogen and oxygen atoms in total. The number of hydrogen-bond acceptors (Lipinski definition) is 4. The van der Waals surface area contributed by atoms with E-state index < -0.39 is 0 Å². The second-order valence-corrected chi connectivity index (χ2v) is 5.72. The third-order valence-corrected chi connectivity index (χ3v) is 4.17. The maximum atomic E-state index is 5.27. The van der Waals surface area contributed by atoms with Crippen LogP contribution < -0.4 is 0 Å². The maximum Gasteiger partial charge on any atom is 0.195 e. The van der Waals surface area contributed by atoms with Gasteiger partial charge in [0.1, 0.15) is 5.69 Å². The molecule has 0 aliphatic rings. The molecule has 2 aromatic heterocycles. The fourth-order valence-electron chi connectivity index (χ4n) is 1.64. The summed E-state index contributed by atoms with van der Waals surface area (Å²) >= 11 is 7.13. The first-order valence-electron chi connectivity index (χ1n) is 5.81. The van der Waals surface area contributed by atoms with Crippen LogP contribution in [0.1, 0.15) is 13.3 Å². The molecule has 1 N–H and O–H groups in total. The minimum atomic E-state index is 0.610. The van der Waals surface area contributed by atoms with E-state index in [1.807, 2.05) is 34.5 Å². The van der Waals surface area contributed by atoms with E-state index in [2.05, 4.69) is 28.4 Å². The van der Waals surface area contributed by atoms with Gasteiger partial charge in [-0.15, -0.1) is 0 Å². The third kappa shape index (κ3) is 3.00. The average Bonchev–Trinajstić information content (AvgIpc) is 2.78. The van der Waals surface area contributed by atoms with Crippen LogP contribution in [0.15, 0.2) is 24.4 Å². The summed E-state index contributed by atoms with van der Waals surface area (Å²) in [5, 5.41) is 7.72. The van der Waals surface area contributed by atoms with Crippen LogP contribution in [0.5, 0.6) is 0 Å². The van der Waals surface area contributed by atoms with Crippen LogP contribution in [0.25, 0.3) is 11.5 Å². The van der Waals surface area contributed by atoms with Gasteiger partial charge in [0.15, 0.2) is 10.6 Å². The van der Waals surface area contributed by atoms with Crippen molar-refractivity contribution in [2.24, 2.45) is 0 Å². The van der Waals surface area contributed by atoms with E-state index in [4.69, 9.17) is 12.2 Å². The van der Waals surface area contributed by atoms with Crippen LogP contribution in [0, 0.1) is 4.77 Å². The molecule has 0 bridgehead atoms. The number of aromatic amines is 1. The summed E-state index contributed by atoms with van der Waals surface area (Å²) in [6.45, 7) is 3.08. The van der Waals surface area contributed by atoms with E-state index >= 15 is 0 Å². The van der Waals surface area contributed by atoms with Gasteiger partial charge in [0.25, 0.3) is 0 Å². The van der Waals surface area contributed by atoms with Crippen molar-refractivity contribution in [1.29, 1.82) is 0 Å². The maximum absolute atomic E-state index is 5.27. The molecule has 2 aromatic rings. The van der Waals surface area contributed by atoms with Crippen molar-refractivity contribution in [3.8, 4) is 11.5 Å². The number of H-pyrrole nitrogens is 1. The Morgan fingerprint density at radius 1 is 1.50 bits per heavy atom. The monoisotopic (exact) mass is 280 g/mol. The summed E-state index contributed by atoms with van der Waals surface area (Å²) in [5.41, 5.74) is 0.849. The van der Waals surface area contributed by atoms with E-state index in [1.54, 1.807) is 6.20 Å². The molecule has 0 amide bonds. The molecule has 6 heteroatoms. The topological polar surface area (TPSA) is 46.5 Å². The highest BCUT2D eigenvalue weighted by Gasteiger charge is 2.10. The average molecular weight is 280 g/mol. The fraction of sp³-hybridized carbons (Fsp3) is 0.417. The van der Waals surface area contributed by atoms with E-state index in [-0.39, 0.29) is 0 Å². The molecule has 1 unspecified atom stereocenters. The quantitative estimate of drug-likeness (QED) is 0.855. The highest BCUT2D eigenvalue weighted by atomic mass is 32.2. The second-order valence-electron chi connectivity index (χ2n) is 4.05.